The molecule has 0 aliphatic carbocycles. The van der Waals surface area contributed by atoms with Gasteiger partial charge in [-0.2, -0.15) is 13.2 Å². The number of rotatable bonds is 4. The Morgan fingerprint density at radius 1 is 1.28 bits per heavy atom. The lowest BCUT2D eigenvalue weighted by atomic mass is 10.3. The summed E-state index contributed by atoms with van der Waals surface area (Å²) in [6, 6.07) is 6.56. The Labute approximate surface area is 102 Å². The first kappa shape index (κ1) is 12.9. The molecule has 0 N–H and O–H groups in total. The van der Waals surface area contributed by atoms with Gasteiger partial charge in [-0.3, -0.25) is 0 Å². The zero-order valence-corrected chi connectivity index (χ0v) is 9.87. The monoisotopic (exact) mass is 258 g/mol. The molecule has 6 heteroatoms. The summed E-state index contributed by atoms with van der Waals surface area (Å²) in [4.78, 5) is 3.65. The standard InChI is InChI=1S/C12H13F3N2O/c1-2-18-8-7-17-10-6-4-3-5-9(10)16-11(17)12(13,14)15/h3-6H,2,7-8H2,1H3. The van der Waals surface area contributed by atoms with E-state index in [4.69, 9.17) is 4.74 Å². The second-order valence-corrected chi connectivity index (χ2v) is 3.77. The normalized spacial score (nSPS) is 12.2. The van der Waals surface area contributed by atoms with E-state index in [0.29, 0.717) is 17.6 Å². The Morgan fingerprint density at radius 3 is 2.67 bits per heavy atom. The minimum absolute atomic E-state index is 0.142. The molecule has 0 spiro atoms. The van der Waals surface area contributed by atoms with Crippen LogP contribution in [0, 0.1) is 0 Å². The van der Waals surface area contributed by atoms with Crippen LogP contribution < -0.4 is 0 Å². The molecular formula is C12H13F3N2O. The molecule has 0 aliphatic heterocycles. The molecule has 0 radical (unpaired) electrons. The third-order valence-electron chi connectivity index (χ3n) is 2.57. The SMILES string of the molecule is CCOCCn1c(C(F)(F)F)nc2ccccc21. The van der Waals surface area contributed by atoms with Gasteiger partial charge in [-0.05, 0) is 19.1 Å². The number of alkyl halides is 3. The summed E-state index contributed by atoms with van der Waals surface area (Å²) in [5, 5.41) is 0. The molecule has 0 saturated heterocycles. The van der Waals surface area contributed by atoms with Crippen molar-refractivity contribution in [3.05, 3.63) is 30.1 Å². The van der Waals surface area contributed by atoms with Crippen LogP contribution in [0.4, 0.5) is 13.2 Å². The summed E-state index contributed by atoms with van der Waals surface area (Å²) in [7, 11) is 0. The van der Waals surface area contributed by atoms with Crippen LogP contribution >= 0.6 is 0 Å². The van der Waals surface area contributed by atoms with Gasteiger partial charge in [-0.25, -0.2) is 4.98 Å². The van der Waals surface area contributed by atoms with Crippen LogP contribution in [-0.2, 0) is 17.5 Å². The van der Waals surface area contributed by atoms with Gasteiger partial charge in [0, 0.05) is 13.2 Å². The molecule has 98 valence electrons. The second kappa shape index (κ2) is 4.97. The summed E-state index contributed by atoms with van der Waals surface area (Å²) in [5.41, 5.74) is 0.825. The number of ether oxygens (including phenoxy) is 1. The first-order valence-corrected chi connectivity index (χ1v) is 5.64. The van der Waals surface area contributed by atoms with Gasteiger partial charge in [-0.1, -0.05) is 12.1 Å². The van der Waals surface area contributed by atoms with Crippen LogP contribution in [0.5, 0.6) is 0 Å². The van der Waals surface area contributed by atoms with Crippen LogP contribution in [0.25, 0.3) is 11.0 Å². The molecule has 1 heterocycles. The lowest BCUT2D eigenvalue weighted by Crippen LogP contribution is -2.17. The summed E-state index contributed by atoms with van der Waals surface area (Å²) in [6.45, 7) is 2.66. The van der Waals surface area contributed by atoms with Crippen LogP contribution in [0.15, 0.2) is 24.3 Å². The van der Waals surface area contributed by atoms with E-state index < -0.39 is 12.0 Å². The Bertz CT molecular complexity index is 534. The average Bonchev–Trinajstić information content (AvgIpc) is 2.69. The van der Waals surface area contributed by atoms with Crippen LogP contribution in [-0.4, -0.2) is 22.8 Å². The molecular weight excluding hydrogens is 245 g/mol. The zero-order valence-electron chi connectivity index (χ0n) is 9.87. The van der Waals surface area contributed by atoms with Crippen LogP contribution in [0.1, 0.15) is 12.7 Å². The Hall–Kier alpha value is -1.56. The minimum Gasteiger partial charge on any atom is -0.380 e. The van der Waals surface area contributed by atoms with Crippen LogP contribution in [0.2, 0.25) is 0 Å². The van der Waals surface area contributed by atoms with E-state index >= 15 is 0 Å². The smallest absolute Gasteiger partial charge is 0.380 e. The van der Waals surface area contributed by atoms with Crippen molar-refractivity contribution in [2.75, 3.05) is 13.2 Å². The number of imidazole rings is 1. The van der Waals surface area contributed by atoms with Crippen LogP contribution in [0.3, 0.4) is 0 Å². The first-order valence-electron chi connectivity index (χ1n) is 5.64. The van der Waals surface area contributed by atoms with Gasteiger partial charge in [0.2, 0.25) is 5.82 Å². The fourth-order valence-electron chi connectivity index (χ4n) is 1.82. The van der Waals surface area contributed by atoms with Crippen molar-refractivity contribution in [2.45, 2.75) is 19.6 Å². The molecule has 0 aliphatic rings. The maximum absolute atomic E-state index is 12.9. The number of aromatic nitrogens is 2. The molecule has 1 aromatic heterocycles. The van der Waals surface area contributed by atoms with Gasteiger partial charge >= 0.3 is 6.18 Å². The molecule has 0 unspecified atom stereocenters. The number of fused-ring (bicyclic) bond motifs is 1. The highest BCUT2D eigenvalue weighted by Crippen LogP contribution is 2.31. The number of para-hydroxylation sites is 2. The molecule has 18 heavy (non-hydrogen) atoms. The summed E-state index contributed by atoms with van der Waals surface area (Å²) >= 11 is 0. The number of halogens is 3. The summed E-state index contributed by atoms with van der Waals surface area (Å²) < 4.78 is 44.9. The number of hydrogen-bond donors (Lipinski definition) is 0. The lowest BCUT2D eigenvalue weighted by molar-refractivity contribution is -0.147. The molecule has 0 atom stereocenters. The Morgan fingerprint density at radius 2 is 2.00 bits per heavy atom. The molecule has 0 fully saturated rings. The van der Waals surface area contributed by atoms with Crippen molar-refractivity contribution in [1.29, 1.82) is 0 Å². The second-order valence-electron chi connectivity index (χ2n) is 3.77. The summed E-state index contributed by atoms with van der Waals surface area (Å²) in [5.74, 6) is -0.872. The highest BCUT2D eigenvalue weighted by atomic mass is 19.4. The maximum Gasteiger partial charge on any atom is 0.449 e. The zero-order chi connectivity index (χ0) is 13.2. The molecule has 2 aromatic rings. The predicted molar refractivity (Wildman–Crippen MR) is 61.2 cm³/mol. The van der Waals surface area contributed by atoms with Gasteiger partial charge in [0.1, 0.15) is 0 Å². The lowest BCUT2D eigenvalue weighted by Gasteiger charge is -2.11. The first-order chi connectivity index (χ1) is 8.54. The number of hydrogen-bond acceptors (Lipinski definition) is 2. The predicted octanol–water partition coefficient (Wildman–Crippen LogP) is 3.09. The Kier molecular flexibility index (Phi) is 3.56. The van der Waals surface area contributed by atoms with E-state index in [-0.39, 0.29) is 13.2 Å². The van der Waals surface area contributed by atoms with Crippen molar-refractivity contribution in [2.24, 2.45) is 0 Å². The third-order valence-corrected chi connectivity index (χ3v) is 2.57. The van der Waals surface area contributed by atoms with Gasteiger partial charge in [-0.15, -0.1) is 0 Å². The van der Waals surface area contributed by atoms with Crippen molar-refractivity contribution >= 4 is 11.0 Å². The molecule has 0 saturated carbocycles. The fourth-order valence-corrected chi connectivity index (χ4v) is 1.82. The van der Waals surface area contributed by atoms with Gasteiger partial charge in [0.25, 0.3) is 0 Å². The third kappa shape index (κ3) is 2.48. The number of nitrogens with zero attached hydrogens (tertiary/aromatic N) is 2. The largest absolute Gasteiger partial charge is 0.449 e. The Balaban J connectivity index is 2.44. The fraction of sp³-hybridized carbons (Fsp3) is 0.417. The maximum atomic E-state index is 12.9. The van der Waals surface area contributed by atoms with Gasteiger partial charge in [0.15, 0.2) is 0 Å². The highest BCUT2D eigenvalue weighted by molar-refractivity contribution is 5.76. The van der Waals surface area contributed by atoms with Crippen molar-refractivity contribution in [3.8, 4) is 0 Å². The van der Waals surface area contributed by atoms with E-state index in [9.17, 15) is 13.2 Å². The average molecular weight is 258 g/mol. The van der Waals surface area contributed by atoms with Gasteiger partial charge < -0.3 is 9.30 Å². The van der Waals surface area contributed by atoms with E-state index in [1.807, 2.05) is 0 Å². The quantitative estimate of drug-likeness (QED) is 0.788. The van der Waals surface area contributed by atoms with Crippen molar-refractivity contribution < 1.29 is 17.9 Å². The molecule has 1 aromatic carbocycles. The van der Waals surface area contributed by atoms with E-state index in [0.717, 1.165) is 4.57 Å². The molecule has 0 amide bonds. The topological polar surface area (TPSA) is 27.1 Å². The van der Waals surface area contributed by atoms with Crippen molar-refractivity contribution in [1.82, 2.24) is 9.55 Å². The number of benzene rings is 1. The minimum atomic E-state index is -4.45. The van der Waals surface area contributed by atoms with Gasteiger partial charge in [0.05, 0.1) is 17.6 Å². The van der Waals surface area contributed by atoms with E-state index in [2.05, 4.69) is 4.98 Å². The molecule has 0 bridgehead atoms. The molecule has 3 nitrogen and oxygen atoms in total. The van der Waals surface area contributed by atoms with E-state index in [1.54, 1.807) is 31.2 Å². The summed E-state index contributed by atoms with van der Waals surface area (Å²) in [6.07, 6.45) is -4.45. The van der Waals surface area contributed by atoms with Crippen molar-refractivity contribution in [3.63, 3.8) is 0 Å². The highest BCUT2D eigenvalue weighted by Gasteiger charge is 2.37. The molecule has 2 rings (SSSR count). The van der Waals surface area contributed by atoms with E-state index in [1.165, 1.54) is 0 Å².